The zero-order chi connectivity index (χ0) is 18.4. The number of rotatable bonds is 7. The Hall–Kier alpha value is -3.47. The quantitative estimate of drug-likeness (QED) is 0.608. The van der Waals surface area contributed by atoms with E-state index in [9.17, 15) is 10.1 Å². The average Bonchev–Trinajstić information content (AvgIpc) is 2.64. The van der Waals surface area contributed by atoms with Gasteiger partial charge in [0, 0.05) is 18.2 Å². The normalized spacial score (nSPS) is 9.84. The van der Waals surface area contributed by atoms with E-state index in [0.717, 1.165) is 5.56 Å². The summed E-state index contributed by atoms with van der Waals surface area (Å²) in [4.78, 5) is 10.7. The Balaban J connectivity index is 2.34. The summed E-state index contributed by atoms with van der Waals surface area (Å²) in [5.74, 6) is 1.44. The Morgan fingerprint density at radius 2 is 1.84 bits per heavy atom. The molecular weight excluding hydrogens is 326 g/mol. The lowest BCUT2D eigenvalue weighted by Gasteiger charge is -2.16. The standard InChI is InChI=1S/C17H17N3O5/c1-23-15-7-5-12(16(24-2)17(15)25-3)10-19-13-6-4-11(9-18)8-14(13)20(21)22/h4-8,19H,10H2,1-3H3. The maximum Gasteiger partial charge on any atom is 0.293 e. The van der Waals surface area contributed by atoms with E-state index in [2.05, 4.69) is 5.32 Å². The van der Waals surface area contributed by atoms with Crippen LogP contribution in [-0.2, 0) is 6.54 Å². The molecule has 2 aromatic rings. The van der Waals surface area contributed by atoms with Gasteiger partial charge in [0.2, 0.25) is 5.75 Å². The fourth-order valence-corrected chi connectivity index (χ4v) is 2.39. The summed E-state index contributed by atoms with van der Waals surface area (Å²) < 4.78 is 15.9. The van der Waals surface area contributed by atoms with Gasteiger partial charge in [0.1, 0.15) is 5.69 Å². The smallest absolute Gasteiger partial charge is 0.293 e. The summed E-state index contributed by atoms with van der Waals surface area (Å²) >= 11 is 0. The first-order chi connectivity index (χ1) is 12.0. The van der Waals surface area contributed by atoms with Gasteiger partial charge in [0.05, 0.1) is 37.9 Å². The van der Waals surface area contributed by atoms with Crippen LogP contribution in [0.25, 0.3) is 0 Å². The van der Waals surface area contributed by atoms with Gasteiger partial charge in [-0.3, -0.25) is 10.1 Å². The van der Waals surface area contributed by atoms with Crippen LogP contribution in [0.4, 0.5) is 11.4 Å². The molecule has 2 aromatic carbocycles. The highest BCUT2D eigenvalue weighted by molar-refractivity contribution is 5.65. The fourth-order valence-electron chi connectivity index (χ4n) is 2.39. The van der Waals surface area contributed by atoms with Gasteiger partial charge in [0.15, 0.2) is 11.5 Å². The van der Waals surface area contributed by atoms with E-state index in [1.807, 2.05) is 6.07 Å². The van der Waals surface area contributed by atoms with Gasteiger partial charge in [-0.25, -0.2) is 0 Å². The first-order valence-electron chi connectivity index (χ1n) is 7.26. The molecule has 0 bridgehead atoms. The molecule has 0 aromatic heterocycles. The van der Waals surface area contributed by atoms with Crippen molar-refractivity contribution in [3.8, 4) is 23.3 Å². The van der Waals surface area contributed by atoms with Gasteiger partial charge in [0.25, 0.3) is 5.69 Å². The molecule has 1 N–H and O–H groups in total. The van der Waals surface area contributed by atoms with Crippen LogP contribution in [-0.4, -0.2) is 26.3 Å². The number of ether oxygens (including phenoxy) is 3. The van der Waals surface area contributed by atoms with Gasteiger partial charge in [-0.15, -0.1) is 0 Å². The maximum absolute atomic E-state index is 11.2. The number of nitrogens with zero attached hydrogens (tertiary/aromatic N) is 2. The van der Waals surface area contributed by atoms with Gasteiger partial charge < -0.3 is 19.5 Å². The van der Waals surface area contributed by atoms with Crippen LogP contribution < -0.4 is 19.5 Å². The van der Waals surface area contributed by atoms with Crippen molar-refractivity contribution in [3.05, 3.63) is 51.6 Å². The number of methoxy groups -OCH3 is 3. The Morgan fingerprint density at radius 1 is 1.12 bits per heavy atom. The van der Waals surface area contributed by atoms with E-state index in [-0.39, 0.29) is 17.8 Å². The number of anilines is 1. The number of nitro groups is 1. The molecule has 0 aliphatic heterocycles. The summed E-state index contributed by atoms with van der Waals surface area (Å²) in [5, 5.41) is 23.1. The SMILES string of the molecule is COc1ccc(CNc2ccc(C#N)cc2[N+](=O)[O-])c(OC)c1OC. The third kappa shape index (κ3) is 3.72. The molecule has 0 atom stereocenters. The Kier molecular flexibility index (Phi) is 5.63. The van der Waals surface area contributed by atoms with Crippen molar-refractivity contribution in [3.63, 3.8) is 0 Å². The van der Waals surface area contributed by atoms with Crippen molar-refractivity contribution >= 4 is 11.4 Å². The van der Waals surface area contributed by atoms with Crippen LogP contribution in [0, 0.1) is 21.4 Å². The summed E-state index contributed by atoms with van der Waals surface area (Å²) in [6, 6.07) is 9.64. The predicted octanol–water partition coefficient (Wildman–Crippen LogP) is 3.10. The second kappa shape index (κ2) is 7.88. The minimum absolute atomic E-state index is 0.168. The average molecular weight is 343 g/mol. The van der Waals surface area contributed by atoms with Gasteiger partial charge >= 0.3 is 0 Å². The van der Waals surface area contributed by atoms with Crippen molar-refractivity contribution in [1.82, 2.24) is 0 Å². The van der Waals surface area contributed by atoms with Crippen LogP contribution in [0.15, 0.2) is 30.3 Å². The highest BCUT2D eigenvalue weighted by Gasteiger charge is 2.18. The molecule has 0 saturated heterocycles. The van der Waals surface area contributed by atoms with Crippen molar-refractivity contribution in [2.75, 3.05) is 26.6 Å². The van der Waals surface area contributed by atoms with Crippen molar-refractivity contribution < 1.29 is 19.1 Å². The maximum atomic E-state index is 11.2. The number of nitriles is 1. The lowest BCUT2D eigenvalue weighted by Crippen LogP contribution is -2.06. The van der Waals surface area contributed by atoms with E-state index in [0.29, 0.717) is 22.9 Å². The summed E-state index contributed by atoms with van der Waals surface area (Å²) in [7, 11) is 4.53. The van der Waals surface area contributed by atoms with E-state index in [4.69, 9.17) is 19.5 Å². The van der Waals surface area contributed by atoms with Gasteiger partial charge in [-0.2, -0.15) is 5.26 Å². The number of hydrogen-bond donors (Lipinski definition) is 1. The number of nitrogens with one attached hydrogen (secondary N) is 1. The number of nitro benzene ring substituents is 1. The highest BCUT2D eigenvalue weighted by atomic mass is 16.6. The zero-order valence-corrected chi connectivity index (χ0v) is 14.0. The van der Waals surface area contributed by atoms with E-state index in [1.54, 1.807) is 12.1 Å². The topological polar surface area (TPSA) is 107 Å². The van der Waals surface area contributed by atoms with Gasteiger partial charge in [-0.05, 0) is 24.3 Å². The second-order valence-electron chi connectivity index (χ2n) is 4.95. The Labute approximate surface area is 144 Å². The second-order valence-corrected chi connectivity index (χ2v) is 4.95. The monoisotopic (exact) mass is 343 g/mol. The van der Waals surface area contributed by atoms with Crippen LogP contribution in [0.1, 0.15) is 11.1 Å². The van der Waals surface area contributed by atoms with E-state index in [1.165, 1.54) is 39.5 Å². The molecule has 0 spiro atoms. The Bertz CT molecular complexity index is 830. The molecule has 0 fully saturated rings. The molecule has 0 aliphatic carbocycles. The molecule has 0 radical (unpaired) electrons. The molecule has 0 aliphatic rings. The van der Waals surface area contributed by atoms with E-state index >= 15 is 0 Å². The Morgan fingerprint density at radius 3 is 2.40 bits per heavy atom. The van der Waals surface area contributed by atoms with E-state index < -0.39 is 4.92 Å². The largest absolute Gasteiger partial charge is 0.493 e. The fraction of sp³-hybridized carbons (Fsp3) is 0.235. The minimum Gasteiger partial charge on any atom is -0.493 e. The number of benzene rings is 2. The van der Waals surface area contributed by atoms with Crippen molar-refractivity contribution in [1.29, 1.82) is 5.26 Å². The first-order valence-corrected chi connectivity index (χ1v) is 7.26. The molecule has 2 rings (SSSR count). The minimum atomic E-state index is -0.533. The lowest BCUT2D eigenvalue weighted by molar-refractivity contribution is -0.384. The first kappa shape index (κ1) is 17.9. The third-order valence-electron chi connectivity index (χ3n) is 3.58. The molecule has 130 valence electrons. The molecule has 8 heteroatoms. The molecule has 25 heavy (non-hydrogen) atoms. The molecule has 0 unspecified atom stereocenters. The van der Waals surface area contributed by atoms with Gasteiger partial charge in [-0.1, -0.05) is 0 Å². The van der Waals surface area contributed by atoms with Crippen LogP contribution >= 0.6 is 0 Å². The van der Waals surface area contributed by atoms with Crippen molar-refractivity contribution in [2.45, 2.75) is 6.54 Å². The zero-order valence-electron chi connectivity index (χ0n) is 14.0. The molecule has 8 nitrogen and oxygen atoms in total. The predicted molar refractivity (Wildman–Crippen MR) is 91.2 cm³/mol. The molecule has 0 heterocycles. The van der Waals surface area contributed by atoms with Crippen LogP contribution in [0.5, 0.6) is 17.2 Å². The third-order valence-corrected chi connectivity index (χ3v) is 3.58. The van der Waals surface area contributed by atoms with Crippen molar-refractivity contribution in [2.24, 2.45) is 0 Å². The molecule has 0 amide bonds. The highest BCUT2D eigenvalue weighted by Crippen LogP contribution is 2.40. The number of hydrogen-bond acceptors (Lipinski definition) is 7. The summed E-state index contributed by atoms with van der Waals surface area (Å²) in [6.07, 6.45) is 0. The summed E-state index contributed by atoms with van der Waals surface area (Å²) in [5.41, 5.74) is 1.10. The van der Waals surface area contributed by atoms with Crippen LogP contribution in [0.3, 0.4) is 0 Å². The summed E-state index contributed by atoms with van der Waals surface area (Å²) in [6.45, 7) is 0.260. The van der Waals surface area contributed by atoms with Crippen LogP contribution in [0.2, 0.25) is 0 Å². The molecular formula is C17H17N3O5. The lowest BCUT2D eigenvalue weighted by atomic mass is 10.1. The molecule has 0 saturated carbocycles.